The Balaban J connectivity index is 3.27. The summed E-state index contributed by atoms with van der Waals surface area (Å²) in [4.78, 5) is 13.3. The molecule has 6 nitrogen and oxygen atoms in total. The summed E-state index contributed by atoms with van der Waals surface area (Å²) in [6, 6.07) is 5.01. The van der Waals surface area contributed by atoms with Gasteiger partial charge in [-0.1, -0.05) is 33.8 Å². The average Bonchev–Trinajstić information content (AvgIpc) is 2.58. The maximum Gasteiger partial charge on any atom is 0.272 e. The third-order valence-electron chi connectivity index (χ3n) is 4.05. The number of carbonyl (C=O) groups excluding carboxylic acids is 1. The van der Waals surface area contributed by atoms with Crippen molar-refractivity contribution in [3.8, 4) is 11.5 Å². The molecule has 2 unspecified atom stereocenters. The van der Waals surface area contributed by atoms with Gasteiger partial charge in [0.1, 0.15) is 17.1 Å². The minimum atomic E-state index is -3.66. The normalized spacial score (nSPS) is 15.1. The Hall–Kier alpha value is -1.36. The monoisotopic (exact) mass is 400 g/mol. The second-order valence-corrected chi connectivity index (χ2v) is 10.3. The molecular formula is C20H33O6P. The van der Waals surface area contributed by atoms with Gasteiger partial charge in [0.2, 0.25) is 0 Å². The molecule has 7 heteroatoms. The van der Waals surface area contributed by atoms with Gasteiger partial charge in [-0.3, -0.25) is 9.36 Å². The summed E-state index contributed by atoms with van der Waals surface area (Å²) in [5.74, 6) is 0.680. The van der Waals surface area contributed by atoms with Gasteiger partial charge in [-0.25, -0.2) is 0 Å². The molecule has 1 rings (SSSR count). The van der Waals surface area contributed by atoms with Crippen molar-refractivity contribution >= 4 is 12.9 Å². The average molecular weight is 400 g/mol. The Bertz CT molecular complexity index is 643. The fourth-order valence-electron chi connectivity index (χ4n) is 3.21. The minimum absolute atomic E-state index is 0.0445. The van der Waals surface area contributed by atoms with Crippen LogP contribution in [0.1, 0.15) is 44.5 Å². The van der Waals surface area contributed by atoms with Gasteiger partial charge in [-0.05, 0) is 29.9 Å². The first-order valence-electron chi connectivity index (χ1n) is 9.06. The molecule has 0 aliphatic carbocycles. The highest BCUT2D eigenvalue weighted by atomic mass is 31.2. The molecule has 0 radical (unpaired) electrons. The molecule has 0 saturated carbocycles. The fraction of sp³-hybridized carbons (Fsp3) is 0.650. The van der Waals surface area contributed by atoms with Crippen LogP contribution in [0.3, 0.4) is 0 Å². The molecule has 0 amide bonds. The zero-order valence-electron chi connectivity index (χ0n) is 17.5. The van der Waals surface area contributed by atoms with E-state index in [1.165, 1.54) is 21.3 Å². The second-order valence-electron chi connectivity index (χ2n) is 7.89. The Morgan fingerprint density at radius 3 is 2.07 bits per heavy atom. The van der Waals surface area contributed by atoms with Gasteiger partial charge in [-0.15, -0.1) is 0 Å². The number of rotatable bonds is 11. The third-order valence-corrected chi connectivity index (χ3v) is 6.60. The van der Waals surface area contributed by atoms with E-state index < -0.39 is 12.9 Å². The molecule has 0 N–H and O–H groups in total. The SMILES string of the molecule is COCCOP(=O)(CC(C)CC(C)(C)C)C(=O)c1c(OC)cccc1OC. The Kier molecular flexibility index (Phi) is 9.00. The topological polar surface area (TPSA) is 71.1 Å². The van der Waals surface area contributed by atoms with Gasteiger partial charge in [0, 0.05) is 13.3 Å². The first kappa shape index (κ1) is 23.7. The van der Waals surface area contributed by atoms with Crippen LogP contribution in [0.5, 0.6) is 11.5 Å². The number of hydrogen-bond acceptors (Lipinski definition) is 6. The summed E-state index contributed by atoms with van der Waals surface area (Å²) in [5, 5.41) is 0. The van der Waals surface area contributed by atoms with Crippen molar-refractivity contribution < 1.29 is 28.1 Å². The van der Waals surface area contributed by atoms with E-state index in [-0.39, 0.29) is 36.3 Å². The predicted octanol–water partition coefficient (Wildman–Crippen LogP) is 4.86. The molecule has 0 spiro atoms. The molecule has 1 aromatic rings. The standard InChI is InChI=1S/C20H33O6P/c1-15(13-20(2,3)4)14-27(22,26-12-11-23-5)19(21)18-16(24-6)9-8-10-17(18)25-7/h8-10,15H,11-14H2,1-7H3. The number of ether oxygens (including phenoxy) is 3. The zero-order chi connectivity index (χ0) is 20.7. The molecule has 0 fully saturated rings. The van der Waals surface area contributed by atoms with Gasteiger partial charge in [-0.2, -0.15) is 0 Å². The smallest absolute Gasteiger partial charge is 0.272 e. The molecule has 0 aliphatic rings. The molecule has 154 valence electrons. The lowest BCUT2D eigenvalue weighted by atomic mass is 9.86. The first-order valence-corrected chi connectivity index (χ1v) is 10.9. The first-order chi connectivity index (χ1) is 12.6. The van der Waals surface area contributed by atoms with Crippen LogP contribution in [0.4, 0.5) is 0 Å². The lowest BCUT2D eigenvalue weighted by Crippen LogP contribution is -2.19. The molecule has 0 aliphatic heterocycles. The van der Waals surface area contributed by atoms with Crippen LogP contribution in [0.2, 0.25) is 0 Å². The van der Waals surface area contributed by atoms with Crippen molar-refractivity contribution in [3.63, 3.8) is 0 Å². The van der Waals surface area contributed by atoms with Crippen LogP contribution in [0, 0.1) is 11.3 Å². The van der Waals surface area contributed by atoms with E-state index in [4.69, 9.17) is 18.7 Å². The van der Waals surface area contributed by atoms with Crippen LogP contribution in [0.15, 0.2) is 18.2 Å². The minimum Gasteiger partial charge on any atom is -0.496 e. The molecule has 1 aromatic carbocycles. The maximum atomic E-state index is 13.7. The van der Waals surface area contributed by atoms with Crippen LogP contribution in [-0.4, -0.2) is 46.2 Å². The van der Waals surface area contributed by atoms with Crippen LogP contribution < -0.4 is 9.47 Å². The van der Waals surface area contributed by atoms with E-state index in [0.29, 0.717) is 11.5 Å². The second kappa shape index (κ2) is 10.3. The van der Waals surface area contributed by atoms with E-state index >= 15 is 0 Å². The molecule has 2 atom stereocenters. The van der Waals surface area contributed by atoms with Gasteiger partial charge >= 0.3 is 0 Å². The van der Waals surface area contributed by atoms with Crippen LogP contribution >= 0.6 is 7.37 Å². The lowest BCUT2D eigenvalue weighted by molar-refractivity contribution is 0.102. The molecule has 0 saturated heterocycles. The highest BCUT2D eigenvalue weighted by molar-refractivity contribution is 7.77. The van der Waals surface area contributed by atoms with E-state index in [1.807, 2.05) is 6.92 Å². The van der Waals surface area contributed by atoms with Crippen LogP contribution in [-0.2, 0) is 13.8 Å². The summed E-state index contributed by atoms with van der Waals surface area (Å²) in [5.41, 5.74) is -0.359. The summed E-state index contributed by atoms with van der Waals surface area (Å²) in [7, 11) is 0.792. The summed E-state index contributed by atoms with van der Waals surface area (Å²) < 4.78 is 34.9. The van der Waals surface area contributed by atoms with Gasteiger partial charge in [0.05, 0.1) is 27.4 Å². The fourth-order valence-corrected chi connectivity index (χ4v) is 5.48. The lowest BCUT2D eigenvalue weighted by Gasteiger charge is -2.27. The molecular weight excluding hydrogens is 367 g/mol. The number of carbonyl (C=O) groups is 1. The molecule has 0 heterocycles. The summed E-state index contributed by atoms with van der Waals surface area (Å²) in [6.45, 7) is 8.68. The van der Waals surface area contributed by atoms with E-state index in [9.17, 15) is 9.36 Å². The van der Waals surface area contributed by atoms with Crippen molar-refractivity contribution in [3.05, 3.63) is 23.8 Å². The Morgan fingerprint density at radius 1 is 1.07 bits per heavy atom. The quantitative estimate of drug-likeness (QED) is 0.390. The van der Waals surface area contributed by atoms with Crippen LogP contribution in [0.25, 0.3) is 0 Å². The molecule has 27 heavy (non-hydrogen) atoms. The predicted molar refractivity (Wildman–Crippen MR) is 107 cm³/mol. The number of benzene rings is 1. The van der Waals surface area contributed by atoms with E-state index in [0.717, 1.165) is 6.42 Å². The Morgan fingerprint density at radius 2 is 1.63 bits per heavy atom. The molecule has 0 bridgehead atoms. The highest BCUT2D eigenvalue weighted by Crippen LogP contribution is 2.55. The third kappa shape index (κ3) is 6.95. The van der Waals surface area contributed by atoms with Gasteiger partial charge < -0.3 is 18.7 Å². The van der Waals surface area contributed by atoms with Crippen molar-refractivity contribution in [2.75, 3.05) is 40.7 Å². The van der Waals surface area contributed by atoms with Crippen molar-refractivity contribution in [1.29, 1.82) is 0 Å². The van der Waals surface area contributed by atoms with Crippen molar-refractivity contribution in [1.82, 2.24) is 0 Å². The maximum absolute atomic E-state index is 13.7. The van der Waals surface area contributed by atoms with Gasteiger partial charge in [0.15, 0.2) is 0 Å². The summed E-state index contributed by atoms with van der Waals surface area (Å²) in [6.07, 6.45) is 0.981. The van der Waals surface area contributed by atoms with E-state index in [2.05, 4.69) is 20.8 Å². The van der Waals surface area contributed by atoms with Gasteiger partial charge in [0.25, 0.3) is 12.9 Å². The summed E-state index contributed by atoms with van der Waals surface area (Å²) >= 11 is 0. The van der Waals surface area contributed by atoms with Crippen molar-refractivity contribution in [2.45, 2.75) is 34.1 Å². The Labute approximate surface area is 163 Å². The largest absolute Gasteiger partial charge is 0.496 e. The van der Waals surface area contributed by atoms with E-state index in [1.54, 1.807) is 18.2 Å². The van der Waals surface area contributed by atoms with Crippen molar-refractivity contribution in [2.24, 2.45) is 11.3 Å². The molecule has 0 aromatic heterocycles. The number of methoxy groups -OCH3 is 3. The zero-order valence-corrected chi connectivity index (χ0v) is 18.4. The number of hydrogen-bond donors (Lipinski definition) is 0. The highest BCUT2D eigenvalue weighted by Gasteiger charge is 2.39.